The molecule has 1 aromatic heterocycles. The summed E-state index contributed by atoms with van der Waals surface area (Å²) in [5, 5.41) is 3.74. The summed E-state index contributed by atoms with van der Waals surface area (Å²) in [5.74, 6) is 0.410. The molecule has 0 aliphatic rings. The van der Waals surface area contributed by atoms with Gasteiger partial charge in [-0.05, 0) is 24.1 Å². The molecule has 0 aliphatic heterocycles. The van der Waals surface area contributed by atoms with Gasteiger partial charge in [0.1, 0.15) is 5.69 Å². The second kappa shape index (κ2) is 5.55. The summed E-state index contributed by atoms with van der Waals surface area (Å²) in [6.45, 7) is 0.641. The van der Waals surface area contributed by atoms with Gasteiger partial charge in [0.05, 0.1) is 6.33 Å². The number of hydrogen-bond acceptors (Lipinski definition) is 4. The van der Waals surface area contributed by atoms with Crippen LogP contribution in [0.15, 0.2) is 35.4 Å². The number of benzene rings is 1. The van der Waals surface area contributed by atoms with E-state index < -0.39 is 0 Å². The number of halogens is 1. The largest absolute Gasteiger partial charge is 0.391 e. The van der Waals surface area contributed by atoms with Gasteiger partial charge in [-0.15, -0.1) is 0 Å². The van der Waals surface area contributed by atoms with Crippen molar-refractivity contribution < 1.29 is 0 Å². The normalized spacial score (nSPS) is 10.3. The number of aromatic nitrogens is 2. The number of aromatic amines is 1. The van der Waals surface area contributed by atoms with Crippen molar-refractivity contribution in [3.63, 3.8) is 0 Å². The second-order valence-electron chi connectivity index (χ2n) is 3.80. The van der Waals surface area contributed by atoms with Gasteiger partial charge in [0.15, 0.2) is 5.82 Å². The van der Waals surface area contributed by atoms with Crippen LogP contribution < -0.4 is 16.6 Å². The Kier molecular flexibility index (Phi) is 3.84. The molecular weight excluding hydrogens is 252 g/mol. The van der Waals surface area contributed by atoms with Crippen molar-refractivity contribution in [2.24, 2.45) is 0 Å². The minimum atomic E-state index is -0.334. The number of H-pyrrole nitrogens is 1. The van der Waals surface area contributed by atoms with Gasteiger partial charge in [-0.25, -0.2) is 4.98 Å². The van der Waals surface area contributed by atoms with Crippen LogP contribution in [-0.4, -0.2) is 16.5 Å². The quantitative estimate of drug-likeness (QED) is 0.784. The van der Waals surface area contributed by atoms with Gasteiger partial charge in [0.2, 0.25) is 0 Å². The summed E-state index contributed by atoms with van der Waals surface area (Å²) < 4.78 is 0. The van der Waals surface area contributed by atoms with E-state index in [1.807, 2.05) is 24.3 Å². The molecule has 0 fully saturated rings. The first kappa shape index (κ1) is 12.4. The average Bonchev–Trinajstić information content (AvgIpc) is 2.37. The highest BCUT2D eigenvalue weighted by Crippen LogP contribution is 2.11. The Morgan fingerprint density at radius 1 is 1.33 bits per heavy atom. The van der Waals surface area contributed by atoms with E-state index in [1.165, 1.54) is 6.33 Å². The predicted octanol–water partition coefficient (Wildman–Crippen LogP) is 1.66. The lowest BCUT2D eigenvalue weighted by Crippen LogP contribution is -2.17. The van der Waals surface area contributed by atoms with Crippen molar-refractivity contribution in [1.82, 2.24) is 9.97 Å². The van der Waals surface area contributed by atoms with Crippen molar-refractivity contribution in [2.75, 3.05) is 17.6 Å². The van der Waals surface area contributed by atoms with Gasteiger partial charge < -0.3 is 16.0 Å². The smallest absolute Gasteiger partial charge is 0.276 e. The van der Waals surface area contributed by atoms with Crippen LogP contribution in [0.3, 0.4) is 0 Å². The fourth-order valence-electron chi connectivity index (χ4n) is 1.53. The summed E-state index contributed by atoms with van der Waals surface area (Å²) in [7, 11) is 0. The lowest BCUT2D eigenvalue weighted by atomic mass is 10.1. The molecule has 0 amide bonds. The molecule has 2 aromatic rings. The molecule has 18 heavy (non-hydrogen) atoms. The zero-order chi connectivity index (χ0) is 13.0. The molecule has 5 nitrogen and oxygen atoms in total. The molecule has 1 heterocycles. The first-order chi connectivity index (χ1) is 8.66. The van der Waals surface area contributed by atoms with E-state index in [9.17, 15) is 4.79 Å². The lowest BCUT2D eigenvalue weighted by molar-refractivity contribution is 0.996. The van der Waals surface area contributed by atoms with Crippen LogP contribution in [0.25, 0.3) is 0 Å². The van der Waals surface area contributed by atoms with Gasteiger partial charge in [-0.2, -0.15) is 0 Å². The van der Waals surface area contributed by atoms with E-state index in [0.29, 0.717) is 17.4 Å². The van der Waals surface area contributed by atoms with Crippen LogP contribution in [0, 0.1) is 0 Å². The van der Waals surface area contributed by atoms with Crippen molar-refractivity contribution in [3.8, 4) is 0 Å². The molecule has 94 valence electrons. The molecule has 0 saturated carbocycles. The van der Waals surface area contributed by atoms with Gasteiger partial charge in [0.25, 0.3) is 5.56 Å². The molecule has 0 spiro atoms. The Morgan fingerprint density at radius 2 is 2.06 bits per heavy atom. The maximum Gasteiger partial charge on any atom is 0.276 e. The van der Waals surface area contributed by atoms with Crippen LogP contribution in [0.4, 0.5) is 11.5 Å². The minimum Gasteiger partial charge on any atom is -0.391 e. The van der Waals surface area contributed by atoms with E-state index in [1.54, 1.807) is 0 Å². The van der Waals surface area contributed by atoms with E-state index in [2.05, 4.69) is 15.3 Å². The third kappa shape index (κ3) is 3.01. The Labute approximate surface area is 109 Å². The molecule has 1 aromatic carbocycles. The van der Waals surface area contributed by atoms with Crippen LogP contribution in [0.1, 0.15) is 5.56 Å². The molecule has 0 aliphatic carbocycles. The summed E-state index contributed by atoms with van der Waals surface area (Å²) in [5.41, 5.74) is 6.52. The van der Waals surface area contributed by atoms with Crippen molar-refractivity contribution in [3.05, 3.63) is 51.5 Å². The monoisotopic (exact) mass is 264 g/mol. The topological polar surface area (TPSA) is 83.8 Å². The SMILES string of the molecule is Nc1c(NCCc2ccc(Cl)cc2)nc[nH]c1=O. The molecule has 2 rings (SSSR count). The average molecular weight is 265 g/mol. The summed E-state index contributed by atoms with van der Waals surface area (Å²) in [6, 6.07) is 7.60. The van der Waals surface area contributed by atoms with E-state index >= 15 is 0 Å². The van der Waals surface area contributed by atoms with Crippen LogP contribution in [0.5, 0.6) is 0 Å². The number of nitrogen functional groups attached to an aromatic ring is 1. The number of nitrogens with zero attached hydrogens (tertiary/aromatic N) is 1. The maximum atomic E-state index is 11.2. The van der Waals surface area contributed by atoms with Crippen LogP contribution in [-0.2, 0) is 6.42 Å². The number of nitrogens with one attached hydrogen (secondary N) is 2. The van der Waals surface area contributed by atoms with E-state index in [-0.39, 0.29) is 11.2 Å². The standard InChI is InChI=1S/C12H13ClN4O/c13-9-3-1-8(2-4-9)5-6-15-11-10(14)12(18)17-7-16-11/h1-4,7H,5-6,14H2,(H2,15,16,17,18). The fourth-order valence-corrected chi connectivity index (χ4v) is 1.65. The molecule has 6 heteroatoms. The first-order valence-electron chi connectivity index (χ1n) is 5.48. The number of nitrogens with two attached hydrogens (primary N) is 1. The van der Waals surface area contributed by atoms with E-state index in [0.717, 1.165) is 12.0 Å². The Bertz CT molecular complexity index is 579. The molecule has 0 saturated heterocycles. The van der Waals surface area contributed by atoms with Crippen LogP contribution in [0.2, 0.25) is 5.02 Å². The third-order valence-electron chi connectivity index (χ3n) is 2.51. The predicted molar refractivity (Wildman–Crippen MR) is 72.9 cm³/mol. The molecule has 0 radical (unpaired) electrons. The van der Waals surface area contributed by atoms with E-state index in [4.69, 9.17) is 17.3 Å². The van der Waals surface area contributed by atoms with Crippen molar-refractivity contribution >= 4 is 23.1 Å². The van der Waals surface area contributed by atoms with Gasteiger partial charge in [0, 0.05) is 11.6 Å². The van der Waals surface area contributed by atoms with Crippen LogP contribution >= 0.6 is 11.6 Å². The maximum absolute atomic E-state index is 11.2. The first-order valence-corrected chi connectivity index (χ1v) is 5.86. The fraction of sp³-hybridized carbons (Fsp3) is 0.167. The zero-order valence-electron chi connectivity index (χ0n) is 9.61. The number of hydrogen-bond donors (Lipinski definition) is 3. The summed E-state index contributed by atoms with van der Waals surface area (Å²) in [6.07, 6.45) is 2.12. The van der Waals surface area contributed by atoms with Crippen molar-refractivity contribution in [1.29, 1.82) is 0 Å². The number of anilines is 2. The Hall–Kier alpha value is -2.01. The highest BCUT2D eigenvalue weighted by atomic mass is 35.5. The van der Waals surface area contributed by atoms with Gasteiger partial charge in [-0.1, -0.05) is 23.7 Å². The molecule has 0 unspecified atom stereocenters. The highest BCUT2D eigenvalue weighted by Gasteiger charge is 2.03. The minimum absolute atomic E-state index is 0.105. The zero-order valence-corrected chi connectivity index (χ0v) is 10.4. The third-order valence-corrected chi connectivity index (χ3v) is 2.76. The van der Waals surface area contributed by atoms with Gasteiger partial charge in [-0.3, -0.25) is 4.79 Å². The molecular formula is C12H13ClN4O. The summed E-state index contributed by atoms with van der Waals surface area (Å²) in [4.78, 5) is 17.6. The molecule has 4 N–H and O–H groups in total. The Morgan fingerprint density at radius 3 is 2.78 bits per heavy atom. The number of rotatable bonds is 4. The highest BCUT2D eigenvalue weighted by molar-refractivity contribution is 6.30. The summed E-state index contributed by atoms with van der Waals surface area (Å²) >= 11 is 5.80. The Balaban J connectivity index is 1.94. The second-order valence-corrected chi connectivity index (χ2v) is 4.23. The lowest BCUT2D eigenvalue weighted by Gasteiger charge is -2.07. The van der Waals surface area contributed by atoms with Crippen molar-refractivity contribution in [2.45, 2.75) is 6.42 Å². The van der Waals surface area contributed by atoms with Gasteiger partial charge >= 0.3 is 0 Å². The molecule has 0 bridgehead atoms. The molecule has 0 atom stereocenters.